The van der Waals surface area contributed by atoms with E-state index in [0.29, 0.717) is 16.7 Å². The minimum atomic E-state index is -0.170. The molecule has 0 aliphatic rings. The first-order valence-corrected chi connectivity index (χ1v) is 9.47. The first-order chi connectivity index (χ1) is 12.7. The van der Waals surface area contributed by atoms with Crippen molar-refractivity contribution >= 4 is 17.5 Å². The maximum Gasteiger partial charge on any atom is 0.258 e. The van der Waals surface area contributed by atoms with Gasteiger partial charge in [0.25, 0.3) is 5.91 Å². The molecule has 5 heteroatoms. The number of amides is 1. The first-order valence-electron chi connectivity index (χ1n) is 9.09. The van der Waals surface area contributed by atoms with Gasteiger partial charge in [0, 0.05) is 5.02 Å². The van der Waals surface area contributed by atoms with Gasteiger partial charge < -0.3 is 14.8 Å². The van der Waals surface area contributed by atoms with Crippen LogP contribution in [0.3, 0.4) is 0 Å². The summed E-state index contributed by atoms with van der Waals surface area (Å²) in [5.41, 5.74) is 4.21. The van der Waals surface area contributed by atoms with E-state index >= 15 is 0 Å². The number of benzene rings is 2. The van der Waals surface area contributed by atoms with Gasteiger partial charge in [0.1, 0.15) is 11.5 Å². The summed E-state index contributed by atoms with van der Waals surface area (Å²) in [6.45, 7) is 10.1. The monoisotopic (exact) mass is 389 g/mol. The molecule has 4 nitrogen and oxygen atoms in total. The van der Waals surface area contributed by atoms with Crippen LogP contribution < -0.4 is 14.8 Å². The lowest BCUT2D eigenvalue weighted by molar-refractivity contribution is -0.123. The highest BCUT2D eigenvalue weighted by Gasteiger charge is 2.17. The molecule has 0 spiro atoms. The minimum Gasteiger partial charge on any atom is -0.496 e. The Morgan fingerprint density at radius 1 is 1.07 bits per heavy atom. The molecule has 1 N–H and O–H groups in total. The van der Waals surface area contributed by atoms with Crippen molar-refractivity contribution in [1.29, 1.82) is 0 Å². The third-order valence-electron chi connectivity index (χ3n) is 4.58. The van der Waals surface area contributed by atoms with Crippen LogP contribution in [-0.4, -0.2) is 19.6 Å². The van der Waals surface area contributed by atoms with Gasteiger partial charge in [-0.25, -0.2) is 0 Å². The zero-order chi connectivity index (χ0) is 20.1. The molecule has 2 rings (SSSR count). The molecule has 0 unspecified atom stereocenters. The van der Waals surface area contributed by atoms with Crippen LogP contribution in [0, 0.1) is 13.8 Å². The van der Waals surface area contributed by atoms with Crippen molar-refractivity contribution < 1.29 is 14.3 Å². The number of carbonyl (C=O) groups is 1. The molecule has 0 heterocycles. The quantitative estimate of drug-likeness (QED) is 0.694. The molecular weight excluding hydrogens is 362 g/mol. The molecule has 0 aliphatic heterocycles. The number of nitrogens with one attached hydrogen (secondary N) is 1. The Labute approximate surface area is 166 Å². The van der Waals surface area contributed by atoms with Crippen LogP contribution in [-0.2, 0) is 4.79 Å². The lowest BCUT2D eigenvalue weighted by Gasteiger charge is -2.21. The van der Waals surface area contributed by atoms with Crippen LogP contribution >= 0.6 is 11.6 Å². The molecule has 0 radical (unpaired) electrons. The van der Waals surface area contributed by atoms with E-state index in [1.54, 1.807) is 19.2 Å². The first kappa shape index (κ1) is 21.1. The average Bonchev–Trinajstić information content (AvgIpc) is 2.61. The molecule has 0 bridgehead atoms. The number of aryl methyl sites for hydroxylation is 2. The zero-order valence-corrected chi connectivity index (χ0v) is 17.6. The van der Waals surface area contributed by atoms with E-state index < -0.39 is 0 Å². The van der Waals surface area contributed by atoms with Gasteiger partial charge in [-0.2, -0.15) is 0 Å². The second-order valence-electron chi connectivity index (χ2n) is 7.09. The van der Waals surface area contributed by atoms with E-state index in [-0.39, 0.29) is 18.6 Å². The summed E-state index contributed by atoms with van der Waals surface area (Å²) < 4.78 is 11.1. The van der Waals surface area contributed by atoms with Gasteiger partial charge in [0.2, 0.25) is 0 Å². The van der Waals surface area contributed by atoms with Crippen molar-refractivity contribution in [3.63, 3.8) is 0 Å². The van der Waals surface area contributed by atoms with Crippen LogP contribution in [0.2, 0.25) is 5.02 Å². The Balaban J connectivity index is 2.05. The largest absolute Gasteiger partial charge is 0.496 e. The van der Waals surface area contributed by atoms with Crippen molar-refractivity contribution in [3.05, 3.63) is 57.6 Å². The van der Waals surface area contributed by atoms with Gasteiger partial charge in [-0.05, 0) is 79.3 Å². The second-order valence-corrected chi connectivity index (χ2v) is 7.50. The predicted octanol–water partition coefficient (Wildman–Crippen LogP) is 5.35. The molecule has 1 amide bonds. The van der Waals surface area contributed by atoms with Gasteiger partial charge in [0.05, 0.1) is 13.2 Å². The fourth-order valence-electron chi connectivity index (χ4n) is 3.03. The van der Waals surface area contributed by atoms with Gasteiger partial charge in [0.15, 0.2) is 6.61 Å². The fourth-order valence-corrected chi connectivity index (χ4v) is 3.14. The topological polar surface area (TPSA) is 47.6 Å². The van der Waals surface area contributed by atoms with Crippen LogP contribution in [0.15, 0.2) is 30.3 Å². The van der Waals surface area contributed by atoms with Gasteiger partial charge in [-0.15, -0.1) is 0 Å². The number of rotatable bonds is 7. The number of carbonyl (C=O) groups excluding carboxylic acids is 1. The Kier molecular flexibility index (Phi) is 7.14. The molecule has 1 atom stereocenters. The van der Waals surface area contributed by atoms with Crippen LogP contribution in [0.5, 0.6) is 11.5 Å². The highest BCUT2D eigenvalue weighted by Crippen LogP contribution is 2.32. The summed E-state index contributed by atoms with van der Waals surface area (Å²) >= 11 is 6.01. The maximum atomic E-state index is 12.3. The molecular formula is C22H28ClNO3. The van der Waals surface area contributed by atoms with Crippen LogP contribution in [0.25, 0.3) is 0 Å². The minimum absolute atomic E-state index is 0.0440. The van der Waals surface area contributed by atoms with E-state index in [0.717, 1.165) is 28.0 Å². The molecule has 0 aromatic heterocycles. The molecule has 2 aromatic carbocycles. The Morgan fingerprint density at radius 2 is 1.78 bits per heavy atom. The molecule has 27 heavy (non-hydrogen) atoms. The Bertz CT molecular complexity index is 817. The van der Waals surface area contributed by atoms with Crippen molar-refractivity contribution in [3.8, 4) is 11.5 Å². The fraction of sp³-hybridized carbons (Fsp3) is 0.409. The van der Waals surface area contributed by atoms with E-state index in [2.05, 4.69) is 25.2 Å². The van der Waals surface area contributed by atoms with Crippen molar-refractivity contribution in [1.82, 2.24) is 5.32 Å². The molecule has 2 aromatic rings. The normalized spacial score (nSPS) is 12.0. The van der Waals surface area contributed by atoms with Crippen LogP contribution in [0.4, 0.5) is 0 Å². The molecule has 0 fully saturated rings. The number of methoxy groups -OCH3 is 1. The third-order valence-corrected chi connectivity index (χ3v) is 5.01. The average molecular weight is 390 g/mol. The Morgan fingerprint density at radius 3 is 2.37 bits per heavy atom. The van der Waals surface area contributed by atoms with Crippen molar-refractivity contribution in [2.24, 2.45) is 0 Å². The van der Waals surface area contributed by atoms with Gasteiger partial charge in [-0.3, -0.25) is 4.79 Å². The third kappa shape index (κ3) is 5.39. The van der Waals surface area contributed by atoms with Crippen LogP contribution in [0.1, 0.15) is 55.0 Å². The number of hydrogen-bond acceptors (Lipinski definition) is 3. The highest BCUT2D eigenvalue weighted by atomic mass is 35.5. The smallest absolute Gasteiger partial charge is 0.258 e. The number of halogens is 1. The molecule has 0 aliphatic carbocycles. The van der Waals surface area contributed by atoms with E-state index in [1.165, 1.54) is 0 Å². The maximum absolute atomic E-state index is 12.3. The Hall–Kier alpha value is -2.20. The molecule has 146 valence electrons. The lowest BCUT2D eigenvalue weighted by atomic mass is 9.93. The summed E-state index contributed by atoms with van der Waals surface area (Å²) in [6.07, 6.45) is 0. The highest BCUT2D eigenvalue weighted by molar-refractivity contribution is 6.31. The summed E-state index contributed by atoms with van der Waals surface area (Å²) in [5, 5.41) is 3.68. The summed E-state index contributed by atoms with van der Waals surface area (Å²) in [6, 6.07) is 9.36. The van der Waals surface area contributed by atoms with E-state index in [9.17, 15) is 4.79 Å². The van der Waals surface area contributed by atoms with Gasteiger partial charge in [-0.1, -0.05) is 25.4 Å². The SMILES string of the molecule is COc1cc(C)c([C@@H](C)NC(=O)COc2ccc(Cl)c(C)c2)cc1C(C)C. The lowest BCUT2D eigenvalue weighted by Crippen LogP contribution is -2.31. The molecule has 0 saturated heterocycles. The van der Waals surface area contributed by atoms with Crippen molar-refractivity contribution in [2.75, 3.05) is 13.7 Å². The number of hydrogen-bond donors (Lipinski definition) is 1. The summed E-state index contributed by atoms with van der Waals surface area (Å²) in [7, 11) is 1.68. The predicted molar refractivity (Wildman–Crippen MR) is 110 cm³/mol. The second kappa shape index (κ2) is 9.14. The van der Waals surface area contributed by atoms with E-state index in [4.69, 9.17) is 21.1 Å². The van der Waals surface area contributed by atoms with Gasteiger partial charge >= 0.3 is 0 Å². The zero-order valence-electron chi connectivity index (χ0n) is 16.9. The number of ether oxygens (including phenoxy) is 2. The standard InChI is InChI=1S/C22H28ClNO3/c1-13(2)18-11-19(14(3)10-21(18)26-6)16(5)24-22(25)12-27-17-7-8-20(23)15(4)9-17/h7-11,13,16H,12H2,1-6H3,(H,24,25)/t16-/m1/s1. The summed E-state index contributed by atoms with van der Waals surface area (Å²) in [5.74, 6) is 1.67. The summed E-state index contributed by atoms with van der Waals surface area (Å²) in [4.78, 5) is 12.3. The van der Waals surface area contributed by atoms with E-state index in [1.807, 2.05) is 32.9 Å². The molecule has 0 saturated carbocycles. The van der Waals surface area contributed by atoms with Crippen molar-refractivity contribution in [2.45, 2.75) is 46.6 Å².